The molecule has 0 aliphatic rings. The van der Waals surface area contributed by atoms with Gasteiger partial charge in [0.1, 0.15) is 5.60 Å². The van der Waals surface area contributed by atoms with Gasteiger partial charge in [0, 0.05) is 23.9 Å². The van der Waals surface area contributed by atoms with E-state index < -0.39 is 11.7 Å². The van der Waals surface area contributed by atoms with Gasteiger partial charge in [0.2, 0.25) is 0 Å². The summed E-state index contributed by atoms with van der Waals surface area (Å²) in [5, 5.41) is 4.81. The minimum absolute atomic E-state index is 0.150. The van der Waals surface area contributed by atoms with Gasteiger partial charge >= 0.3 is 6.09 Å². The van der Waals surface area contributed by atoms with Gasteiger partial charge in [0.25, 0.3) is 0 Å². The number of nitrogens with two attached hydrogens (primary N) is 1. The molecule has 0 saturated carbocycles. The molecule has 1 rings (SSSR count). The van der Waals surface area contributed by atoms with E-state index in [-0.39, 0.29) is 5.92 Å². The maximum absolute atomic E-state index is 11.6. The Morgan fingerprint density at radius 3 is 2.67 bits per heavy atom. The van der Waals surface area contributed by atoms with E-state index in [1.54, 1.807) is 11.3 Å². The standard InChI is InChI=1S/C13H22N2O2S/c1-9-5-6-18-11(9)10(7-14)8-15-12(16)17-13(2,3)4/h5-6,10H,7-8,14H2,1-4H3,(H,15,16). The lowest BCUT2D eigenvalue weighted by Crippen LogP contribution is -2.36. The Morgan fingerprint density at radius 1 is 1.56 bits per heavy atom. The number of ether oxygens (including phenoxy) is 1. The molecule has 102 valence electrons. The fourth-order valence-electron chi connectivity index (χ4n) is 1.61. The molecular weight excluding hydrogens is 248 g/mol. The monoisotopic (exact) mass is 270 g/mol. The first-order chi connectivity index (χ1) is 8.33. The lowest BCUT2D eigenvalue weighted by atomic mass is 10.1. The summed E-state index contributed by atoms with van der Waals surface area (Å²) in [6, 6.07) is 2.07. The molecule has 1 amide bonds. The van der Waals surface area contributed by atoms with Crippen molar-refractivity contribution in [2.45, 2.75) is 39.2 Å². The SMILES string of the molecule is Cc1ccsc1C(CN)CNC(=O)OC(C)(C)C. The number of aryl methyl sites for hydroxylation is 1. The molecule has 1 atom stereocenters. The molecule has 1 unspecified atom stereocenters. The molecule has 0 aliphatic carbocycles. The highest BCUT2D eigenvalue weighted by Crippen LogP contribution is 2.24. The van der Waals surface area contributed by atoms with Crippen LogP contribution in [-0.4, -0.2) is 24.8 Å². The minimum atomic E-state index is -0.471. The number of hydrogen-bond donors (Lipinski definition) is 2. The summed E-state index contributed by atoms with van der Waals surface area (Å²) < 4.78 is 5.19. The molecule has 0 aromatic carbocycles. The van der Waals surface area contributed by atoms with E-state index in [4.69, 9.17) is 10.5 Å². The van der Waals surface area contributed by atoms with Gasteiger partial charge in [-0.2, -0.15) is 0 Å². The van der Waals surface area contributed by atoms with Crippen LogP contribution in [-0.2, 0) is 4.74 Å². The van der Waals surface area contributed by atoms with E-state index in [0.717, 1.165) is 0 Å². The molecule has 0 bridgehead atoms. The van der Waals surface area contributed by atoms with Gasteiger partial charge in [-0.3, -0.25) is 0 Å². The van der Waals surface area contributed by atoms with Crippen LogP contribution in [0.3, 0.4) is 0 Å². The van der Waals surface area contributed by atoms with Crippen molar-refractivity contribution in [3.63, 3.8) is 0 Å². The number of nitrogens with one attached hydrogen (secondary N) is 1. The molecule has 0 aliphatic heterocycles. The fraction of sp³-hybridized carbons (Fsp3) is 0.615. The zero-order valence-corrected chi connectivity index (χ0v) is 12.3. The van der Waals surface area contributed by atoms with E-state index in [0.29, 0.717) is 13.1 Å². The quantitative estimate of drug-likeness (QED) is 0.884. The zero-order chi connectivity index (χ0) is 13.8. The van der Waals surface area contributed by atoms with Gasteiger partial charge in [0.15, 0.2) is 0 Å². The number of alkyl carbamates (subject to hydrolysis) is 1. The highest BCUT2D eigenvalue weighted by Gasteiger charge is 2.18. The first kappa shape index (κ1) is 15.0. The second-order valence-electron chi connectivity index (χ2n) is 5.28. The van der Waals surface area contributed by atoms with Crippen LogP contribution < -0.4 is 11.1 Å². The van der Waals surface area contributed by atoms with Crippen molar-refractivity contribution in [1.82, 2.24) is 5.32 Å². The summed E-state index contributed by atoms with van der Waals surface area (Å²) in [4.78, 5) is 12.8. The molecular formula is C13H22N2O2S. The largest absolute Gasteiger partial charge is 0.444 e. The summed E-state index contributed by atoms with van der Waals surface area (Å²) in [5.74, 6) is 0.150. The molecule has 0 saturated heterocycles. The molecule has 0 fully saturated rings. The van der Waals surface area contributed by atoms with E-state index in [1.807, 2.05) is 26.2 Å². The average Bonchev–Trinajstić information content (AvgIpc) is 2.63. The summed E-state index contributed by atoms with van der Waals surface area (Å²) in [7, 11) is 0. The molecule has 1 aromatic rings. The van der Waals surface area contributed by atoms with Crippen LogP contribution in [0.4, 0.5) is 4.79 Å². The van der Waals surface area contributed by atoms with Crippen LogP contribution in [0, 0.1) is 6.92 Å². The Kier molecular flexibility index (Phi) is 5.16. The first-order valence-corrected chi connectivity index (χ1v) is 6.92. The number of thiophene rings is 1. The predicted molar refractivity (Wildman–Crippen MR) is 75.1 cm³/mol. The number of rotatable bonds is 4. The molecule has 5 heteroatoms. The molecule has 18 heavy (non-hydrogen) atoms. The van der Waals surface area contributed by atoms with E-state index in [1.165, 1.54) is 10.4 Å². The number of hydrogen-bond acceptors (Lipinski definition) is 4. The second kappa shape index (κ2) is 6.20. The lowest BCUT2D eigenvalue weighted by molar-refractivity contribution is 0.0525. The van der Waals surface area contributed by atoms with E-state index in [9.17, 15) is 4.79 Å². The average molecular weight is 270 g/mol. The number of carbonyl (C=O) groups is 1. The third kappa shape index (κ3) is 4.66. The van der Waals surface area contributed by atoms with Crippen LogP contribution in [0.15, 0.2) is 11.4 Å². The van der Waals surface area contributed by atoms with Crippen molar-refractivity contribution < 1.29 is 9.53 Å². The van der Waals surface area contributed by atoms with E-state index in [2.05, 4.69) is 18.3 Å². The molecule has 1 aromatic heterocycles. The maximum Gasteiger partial charge on any atom is 0.407 e. The Bertz CT molecular complexity index is 396. The highest BCUT2D eigenvalue weighted by atomic mass is 32.1. The fourth-order valence-corrected chi connectivity index (χ4v) is 2.65. The molecule has 0 spiro atoms. The van der Waals surface area contributed by atoms with Crippen LogP contribution >= 0.6 is 11.3 Å². The first-order valence-electron chi connectivity index (χ1n) is 6.04. The van der Waals surface area contributed by atoms with Crippen LogP contribution in [0.25, 0.3) is 0 Å². The minimum Gasteiger partial charge on any atom is -0.444 e. The summed E-state index contributed by atoms with van der Waals surface area (Å²) in [6.45, 7) is 8.61. The van der Waals surface area contributed by atoms with Gasteiger partial charge in [0.05, 0.1) is 0 Å². The van der Waals surface area contributed by atoms with Gasteiger partial charge in [-0.15, -0.1) is 11.3 Å². The molecule has 1 heterocycles. The van der Waals surface area contributed by atoms with Crippen molar-refractivity contribution >= 4 is 17.4 Å². The topological polar surface area (TPSA) is 64.3 Å². The Balaban J connectivity index is 2.51. The van der Waals surface area contributed by atoms with Crippen LogP contribution in [0.2, 0.25) is 0 Å². The van der Waals surface area contributed by atoms with Gasteiger partial charge in [-0.1, -0.05) is 0 Å². The smallest absolute Gasteiger partial charge is 0.407 e. The predicted octanol–water partition coefficient (Wildman–Crippen LogP) is 2.62. The molecule has 4 nitrogen and oxygen atoms in total. The normalized spacial score (nSPS) is 13.2. The van der Waals surface area contributed by atoms with Crippen molar-refractivity contribution in [2.24, 2.45) is 5.73 Å². The lowest BCUT2D eigenvalue weighted by Gasteiger charge is -2.21. The number of carbonyl (C=O) groups excluding carboxylic acids is 1. The molecule has 3 N–H and O–H groups in total. The van der Waals surface area contributed by atoms with Gasteiger partial charge in [-0.05, 0) is 44.7 Å². The van der Waals surface area contributed by atoms with Crippen LogP contribution in [0.1, 0.15) is 37.1 Å². The van der Waals surface area contributed by atoms with Gasteiger partial charge < -0.3 is 15.8 Å². The van der Waals surface area contributed by atoms with E-state index >= 15 is 0 Å². The van der Waals surface area contributed by atoms with Gasteiger partial charge in [-0.25, -0.2) is 4.79 Å². The summed E-state index contributed by atoms with van der Waals surface area (Å²) >= 11 is 1.67. The number of amides is 1. The maximum atomic E-state index is 11.6. The van der Waals surface area contributed by atoms with Crippen LogP contribution in [0.5, 0.6) is 0 Å². The third-order valence-electron chi connectivity index (χ3n) is 2.45. The van der Waals surface area contributed by atoms with Crippen molar-refractivity contribution in [2.75, 3.05) is 13.1 Å². The highest BCUT2D eigenvalue weighted by molar-refractivity contribution is 7.10. The Hall–Kier alpha value is -1.07. The van der Waals surface area contributed by atoms with Crippen molar-refractivity contribution in [1.29, 1.82) is 0 Å². The summed E-state index contributed by atoms with van der Waals surface area (Å²) in [5.41, 5.74) is 6.51. The third-order valence-corrected chi connectivity index (χ3v) is 3.63. The zero-order valence-electron chi connectivity index (χ0n) is 11.4. The second-order valence-corrected chi connectivity index (χ2v) is 6.23. The Labute approximate surface area is 113 Å². The Morgan fingerprint density at radius 2 is 2.22 bits per heavy atom. The van der Waals surface area contributed by atoms with Crippen molar-refractivity contribution in [3.8, 4) is 0 Å². The summed E-state index contributed by atoms with van der Waals surface area (Å²) in [6.07, 6.45) is -0.393. The van der Waals surface area contributed by atoms with Crippen molar-refractivity contribution in [3.05, 3.63) is 21.9 Å². The molecule has 0 radical (unpaired) electrons.